The summed E-state index contributed by atoms with van der Waals surface area (Å²) in [4.78, 5) is 3.01. The largest absolute Gasteiger partial charge is 0.302 e. The van der Waals surface area contributed by atoms with Crippen molar-refractivity contribution in [2.45, 2.75) is 17.9 Å². The number of hydrogen-bond acceptors (Lipinski definition) is 2. The van der Waals surface area contributed by atoms with E-state index >= 15 is 0 Å². The maximum atomic E-state index is 11.1. The molecule has 2 N–H and O–H groups in total. The minimum Gasteiger partial charge on any atom is -0.302 e. The van der Waals surface area contributed by atoms with Crippen molar-refractivity contribution in [3.63, 3.8) is 0 Å². The van der Waals surface area contributed by atoms with Crippen LogP contribution in [0.2, 0.25) is 0 Å². The molecule has 1 aliphatic rings. The zero-order chi connectivity index (χ0) is 10.1. The first-order valence-electron chi connectivity index (χ1n) is 4.63. The van der Waals surface area contributed by atoms with E-state index in [4.69, 9.17) is 5.14 Å². The predicted molar refractivity (Wildman–Crippen MR) is 57.1 cm³/mol. The van der Waals surface area contributed by atoms with Crippen molar-refractivity contribution in [3.05, 3.63) is 29.3 Å². The summed E-state index contributed by atoms with van der Waals surface area (Å²) in [6.45, 7) is 2.04. The Morgan fingerprint density at radius 3 is 2.93 bits per heavy atom. The maximum absolute atomic E-state index is 11.1. The highest BCUT2D eigenvalue weighted by atomic mass is 32.2. The molecule has 0 bridgehead atoms. The lowest BCUT2D eigenvalue weighted by atomic mass is 10.0. The molecule has 4 heteroatoms. The first kappa shape index (κ1) is 9.83. The van der Waals surface area contributed by atoms with Gasteiger partial charge in [0.05, 0.1) is 4.90 Å². The van der Waals surface area contributed by atoms with Crippen molar-refractivity contribution in [2.75, 3.05) is 13.6 Å². The summed E-state index contributed by atoms with van der Waals surface area (Å²) in [5.74, 6) is 0. The summed E-state index contributed by atoms with van der Waals surface area (Å²) in [6.07, 6.45) is 1.02. The van der Waals surface area contributed by atoms with Gasteiger partial charge >= 0.3 is 0 Å². The third-order valence-corrected chi connectivity index (χ3v) is 3.33. The number of nitrogens with two attached hydrogens (primary N) is 1. The minimum atomic E-state index is -1.35. The van der Waals surface area contributed by atoms with Crippen LogP contribution in [0, 0.1) is 0 Å². The molecule has 0 fully saturated rings. The third-order valence-electron chi connectivity index (χ3n) is 2.61. The molecule has 0 spiro atoms. The van der Waals surface area contributed by atoms with E-state index in [0.29, 0.717) is 0 Å². The van der Waals surface area contributed by atoms with Crippen LogP contribution in [-0.4, -0.2) is 22.7 Å². The van der Waals surface area contributed by atoms with Gasteiger partial charge in [0.15, 0.2) is 0 Å². The minimum absolute atomic E-state index is 0.730. The van der Waals surface area contributed by atoms with Crippen molar-refractivity contribution in [2.24, 2.45) is 5.14 Å². The zero-order valence-corrected chi connectivity index (χ0v) is 9.01. The predicted octanol–water partition coefficient (Wildman–Crippen LogP) is 0.656. The Morgan fingerprint density at radius 1 is 1.43 bits per heavy atom. The van der Waals surface area contributed by atoms with Gasteiger partial charge in [0, 0.05) is 13.1 Å². The highest BCUT2D eigenvalue weighted by Crippen LogP contribution is 2.20. The van der Waals surface area contributed by atoms with Crippen LogP contribution in [0.3, 0.4) is 0 Å². The molecule has 0 radical (unpaired) electrons. The molecule has 1 aromatic rings. The van der Waals surface area contributed by atoms with E-state index in [1.54, 1.807) is 0 Å². The molecule has 0 saturated carbocycles. The zero-order valence-electron chi connectivity index (χ0n) is 8.19. The quantitative estimate of drug-likeness (QED) is 0.740. The lowest BCUT2D eigenvalue weighted by Crippen LogP contribution is -2.26. The monoisotopic (exact) mass is 210 g/mol. The highest BCUT2D eigenvalue weighted by molar-refractivity contribution is 7.82. The Balaban J connectivity index is 2.36. The molecule has 1 aliphatic heterocycles. The Bertz CT molecular complexity index is 378. The summed E-state index contributed by atoms with van der Waals surface area (Å²) in [5.41, 5.74) is 2.62. The molecule has 2 rings (SSSR count). The summed E-state index contributed by atoms with van der Waals surface area (Å²) >= 11 is 0. The number of benzene rings is 1. The molecule has 76 valence electrons. The summed E-state index contributed by atoms with van der Waals surface area (Å²) < 4.78 is 11.1. The van der Waals surface area contributed by atoms with Crippen molar-refractivity contribution in [3.8, 4) is 0 Å². The smallest absolute Gasteiger partial charge is 0.122 e. The Labute approximate surface area is 86.5 Å². The second kappa shape index (κ2) is 3.81. The molecule has 1 atom stereocenters. The first-order chi connectivity index (χ1) is 6.66. The number of nitrogens with zero attached hydrogens (tertiary/aromatic N) is 1. The SMILES string of the molecule is CN1CCc2cc(S(N)=O)ccc2C1. The maximum Gasteiger partial charge on any atom is 0.122 e. The molecule has 1 heterocycles. The molecule has 0 aromatic heterocycles. The molecular weight excluding hydrogens is 196 g/mol. The van der Waals surface area contributed by atoms with Crippen molar-refractivity contribution < 1.29 is 4.21 Å². The van der Waals surface area contributed by atoms with Crippen molar-refractivity contribution in [1.29, 1.82) is 0 Å². The Kier molecular flexibility index (Phi) is 2.67. The Hall–Kier alpha value is -0.710. The number of hydrogen-bond donors (Lipinski definition) is 1. The van der Waals surface area contributed by atoms with Crippen LogP contribution in [0.4, 0.5) is 0 Å². The summed E-state index contributed by atoms with van der Waals surface area (Å²) in [6, 6.07) is 5.86. The van der Waals surface area contributed by atoms with Crippen LogP contribution in [0.5, 0.6) is 0 Å². The average Bonchev–Trinajstić information content (AvgIpc) is 2.16. The van der Waals surface area contributed by atoms with Gasteiger partial charge in [-0.3, -0.25) is 0 Å². The van der Waals surface area contributed by atoms with Crippen LogP contribution in [0.1, 0.15) is 11.1 Å². The fourth-order valence-electron chi connectivity index (χ4n) is 1.80. The number of rotatable bonds is 1. The van der Waals surface area contributed by atoms with E-state index in [1.807, 2.05) is 18.2 Å². The van der Waals surface area contributed by atoms with Crippen LogP contribution in [0.15, 0.2) is 23.1 Å². The van der Waals surface area contributed by atoms with E-state index in [9.17, 15) is 4.21 Å². The van der Waals surface area contributed by atoms with E-state index in [-0.39, 0.29) is 0 Å². The first-order valence-corrected chi connectivity index (χ1v) is 5.84. The summed E-state index contributed by atoms with van der Waals surface area (Å²) in [5, 5.41) is 5.34. The molecule has 14 heavy (non-hydrogen) atoms. The number of fused-ring (bicyclic) bond motifs is 1. The molecule has 0 saturated heterocycles. The van der Waals surface area contributed by atoms with Gasteiger partial charge in [0.1, 0.15) is 11.0 Å². The van der Waals surface area contributed by atoms with Gasteiger partial charge < -0.3 is 4.90 Å². The van der Waals surface area contributed by atoms with E-state index in [1.165, 1.54) is 11.1 Å². The topological polar surface area (TPSA) is 46.3 Å². The van der Waals surface area contributed by atoms with Crippen LogP contribution >= 0.6 is 0 Å². The normalized spacial score (nSPS) is 19.0. The van der Waals surface area contributed by atoms with Crippen molar-refractivity contribution >= 4 is 11.0 Å². The number of likely N-dealkylation sites (N-methyl/N-ethyl adjacent to an activating group) is 1. The third kappa shape index (κ3) is 1.87. The van der Waals surface area contributed by atoms with Gasteiger partial charge in [-0.1, -0.05) is 6.07 Å². The van der Waals surface area contributed by atoms with Gasteiger partial charge in [-0.05, 0) is 36.7 Å². The van der Waals surface area contributed by atoms with Gasteiger partial charge in [-0.2, -0.15) is 0 Å². The Morgan fingerprint density at radius 2 is 2.21 bits per heavy atom. The fraction of sp³-hybridized carbons (Fsp3) is 0.400. The van der Waals surface area contributed by atoms with E-state index in [0.717, 1.165) is 24.4 Å². The average molecular weight is 210 g/mol. The lowest BCUT2D eigenvalue weighted by molar-refractivity contribution is 0.312. The highest BCUT2D eigenvalue weighted by Gasteiger charge is 2.13. The molecule has 1 aromatic carbocycles. The molecule has 0 aliphatic carbocycles. The summed E-state index contributed by atoms with van der Waals surface area (Å²) in [7, 11) is 0.760. The van der Waals surface area contributed by atoms with Gasteiger partial charge in [0.25, 0.3) is 0 Å². The van der Waals surface area contributed by atoms with E-state index in [2.05, 4.69) is 11.9 Å². The van der Waals surface area contributed by atoms with Gasteiger partial charge in [0.2, 0.25) is 0 Å². The molecular formula is C10H14N2OS. The lowest BCUT2D eigenvalue weighted by Gasteiger charge is -2.25. The van der Waals surface area contributed by atoms with Gasteiger partial charge in [-0.25, -0.2) is 9.35 Å². The van der Waals surface area contributed by atoms with E-state index < -0.39 is 11.0 Å². The molecule has 1 unspecified atom stereocenters. The fourth-order valence-corrected chi connectivity index (χ4v) is 2.26. The second-order valence-electron chi connectivity index (χ2n) is 3.72. The van der Waals surface area contributed by atoms with Crippen LogP contribution < -0.4 is 5.14 Å². The molecule has 3 nitrogen and oxygen atoms in total. The van der Waals surface area contributed by atoms with Crippen LogP contribution in [0.25, 0.3) is 0 Å². The van der Waals surface area contributed by atoms with Crippen molar-refractivity contribution in [1.82, 2.24) is 4.90 Å². The van der Waals surface area contributed by atoms with Crippen LogP contribution in [-0.2, 0) is 24.0 Å². The molecule has 0 amide bonds. The van der Waals surface area contributed by atoms with Gasteiger partial charge in [-0.15, -0.1) is 0 Å². The second-order valence-corrected chi connectivity index (χ2v) is 4.78. The standard InChI is InChI=1S/C10H14N2OS/c1-12-5-4-8-6-10(14(11)13)3-2-9(8)7-12/h2-3,6H,4-5,7,11H2,1H3.